The molecule has 0 unspecified atom stereocenters. The molecule has 0 spiro atoms. The van der Waals surface area contributed by atoms with Crippen molar-refractivity contribution in [1.82, 2.24) is 9.55 Å². The largest absolute Gasteiger partial charge is 0.481 e. The summed E-state index contributed by atoms with van der Waals surface area (Å²) < 4.78 is 2.27. The van der Waals surface area contributed by atoms with Gasteiger partial charge in [0.15, 0.2) is 5.16 Å². The van der Waals surface area contributed by atoms with Gasteiger partial charge in [-0.05, 0) is 24.7 Å². The summed E-state index contributed by atoms with van der Waals surface area (Å²) in [5.74, 6) is -0.719. The second-order valence-corrected chi connectivity index (χ2v) is 8.14. The van der Waals surface area contributed by atoms with Crippen LogP contribution in [0.5, 0.6) is 0 Å². The van der Waals surface area contributed by atoms with Crippen molar-refractivity contribution in [3.63, 3.8) is 0 Å². The predicted molar refractivity (Wildman–Crippen MR) is 85.9 cm³/mol. The zero-order valence-electron chi connectivity index (χ0n) is 13.5. The maximum atomic E-state index is 10.8. The Kier molecular flexibility index (Phi) is 4.71. The Labute approximate surface area is 131 Å². The van der Waals surface area contributed by atoms with Crippen LogP contribution in [0.15, 0.2) is 11.4 Å². The molecule has 1 saturated carbocycles. The predicted octanol–water partition coefficient (Wildman–Crippen LogP) is 3.94. The van der Waals surface area contributed by atoms with E-state index < -0.39 is 5.97 Å². The molecule has 21 heavy (non-hydrogen) atoms. The Balaban J connectivity index is 2.26. The fourth-order valence-electron chi connectivity index (χ4n) is 2.88. The average Bonchev–Trinajstić information content (AvgIpc) is 2.98. The molecule has 2 rings (SSSR count). The Morgan fingerprint density at radius 1 is 1.48 bits per heavy atom. The fourth-order valence-corrected chi connectivity index (χ4v) is 3.58. The Bertz CT molecular complexity index is 513. The lowest BCUT2D eigenvalue weighted by atomic mass is 9.92. The highest BCUT2D eigenvalue weighted by atomic mass is 32.2. The van der Waals surface area contributed by atoms with Gasteiger partial charge in [0.05, 0.1) is 5.75 Å². The number of hydrogen-bond acceptors (Lipinski definition) is 3. The van der Waals surface area contributed by atoms with E-state index in [4.69, 9.17) is 5.11 Å². The zero-order chi connectivity index (χ0) is 15.7. The molecule has 0 amide bonds. The molecule has 1 fully saturated rings. The topological polar surface area (TPSA) is 55.1 Å². The maximum absolute atomic E-state index is 10.8. The second kappa shape index (κ2) is 6.03. The number of carbonyl (C=O) groups is 1. The third-order valence-corrected chi connectivity index (χ3v) is 5.12. The molecule has 0 aliphatic heterocycles. The minimum absolute atomic E-state index is 0.0251. The molecule has 4 nitrogen and oxygen atoms in total. The van der Waals surface area contributed by atoms with E-state index >= 15 is 0 Å². The highest BCUT2D eigenvalue weighted by molar-refractivity contribution is 7.99. The van der Waals surface area contributed by atoms with Crippen molar-refractivity contribution in [2.75, 3.05) is 5.75 Å². The number of rotatable bonds is 7. The molecular weight excluding hydrogens is 284 g/mol. The number of thioether (sulfide) groups is 1. The second-order valence-electron chi connectivity index (χ2n) is 7.19. The number of carboxylic acids is 1. The van der Waals surface area contributed by atoms with Crippen LogP contribution in [-0.4, -0.2) is 26.4 Å². The van der Waals surface area contributed by atoms with Crippen LogP contribution in [-0.2, 0) is 16.8 Å². The Morgan fingerprint density at radius 2 is 2.14 bits per heavy atom. The van der Waals surface area contributed by atoms with Crippen molar-refractivity contribution >= 4 is 17.7 Å². The molecule has 1 aromatic heterocycles. The van der Waals surface area contributed by atoms with Gasteiger partial charge in [-0.25, -0.2) is 4.98 Å². The molecule has 5 heteroatoms. The first-order valence-corrected chi connectivity index (χ1v) is 8.66. The van der Waals surface area contributed by atoms with Gasteiger partial charge in [-0.1, -0.05) is 45.9 Å². The molecule has 0 atom stereocenters. The van der Waals surface area contributed by atoms with E-state index in [1.807, 2.05) is 6.20 Å². The molecule has 1 aliphatic carbocycles. The van der Waals surface area contributed by atoms with Gasteiger partial charge in [0, 0.05) is 23.9 Å². The third-order valence-electron chi connectivity index (χ3n) is 4.14. The van der Waals surface area contributed by atoms with E-state index in [-0.39, 0.29) is 11.2 Å². The SMILES string of the molecule is CCCC1(Cn2c(C(C)(C)C)cnc2SCC(=O)O)CC1. The monoisotopic (exact) mass is 310 g/mol. The molecule has 0 bridgehead atoms. The van der Waals surface area contributed by atoms with Gasteiger partial charge in [0.25, 0.3) is 0 Å². The number of hydrogen-bond donors (Lipinski definition) is 1. The minimum Gasteiger partial charge on any atom is -0.481 e. The first-order valence-electron chi connectivity index (χ1n) is 7.68. The number of nitrogens with zero attached hydrogens (tertiary/aromatic N) is 2. The third kappa shape index (κ3) is 4.02. The summed E-state index contributed by atoms with van der Waals surface area (Å²) >= 11 is 1.33. The van der Waals surface area contributed by atoms with E-state index in [2.05, 4.69) is 37.2 Å². The lowest BCUT2D eigenvalue weighted by Crippen LogP contribution is -2.22. The van der Waals surface area contributed by atoms with E-state index in [0.29, 0.717) is 5.41 Å². The Hall–Kier alpha value is -0.970. The molecule has 1 N–H and O–H groups in total. The molecule has 0 radical (unpaired) electrons. The van der Waals surface area contributed by atoms with Crippen LogP contribution in [0.3, 0.4) is 0 Å². The summed E-state index contributed by atoms with van der Waals surface area (Å²) in [4.78, 5) is 15.3. The van der Waals surface area contributed by atoms with Crippen LogP contribution in [0.1, 0.15) is 59.1 Å². The standard InChI is InChI=1S/C16H26N2O2S/c1-5-6-16(7-8-16)11-18-12(15(2,3)4)9-17-14(18)21-10-13(19)20/h9H,5-8,10-11H2,1-4H3,(H,19,20). The number of aromatic nitrogens is 2. The lowest BCUT2D eigenvalue weighted by Gasteiger charge is -2.25. The van der Waals surface area contributed by atoms with Gasteiger partial charge in [0.2, 0.25) is 0 Å². The first-order chi connectivity index (χ1) is 9.77. The molecular formula is C16H26N2O2S. The summed E-state index contributed by atoms with van der Waals surface area (Å²) in [6.45, 7) is 9.77. The van der Waals surface area contributed by atoms with Crippen molar-refractivity contribution in [3.8, 4) is 0 Å². The number of carboxylic acid groups (broad SMARTS) is 1. The van der Waals surface area contributed by atoms with E-state index in [1.54, 1.807) is 0 Å². The van der Waals surface area contributed by atoms with Crippen LogP contribution in [0, 0.1) is 5.41 Å². The number of imidazole rings is 1. The highest BCUT2D eigenvalue weighted by Crippen LogP contribution is 2.51. The van der Waals surface area contributed by atoms with Gasteiger partial charge in [-0.15, -0.1) is 0 Å². The highest BCUT2D eigenvalue weighted by Gasteiger charge is 2.43. The fraction of sp³-hybridized carbons (Fsp3) is 0.750. The van der Waals surface area contributed by atoms with Crippen molar-refractivity contribution in [2.45, 2.75) is 70.5 Å². The van der Waals surface area contributed by atoms with Crippen LogP contribution in [0.25, 0.3) is 0 Å². The molecule has 118 valence electrons. The van der Waals surface area contributed by atoms with Crippen molar-refractivity contribution in [2.24, 2.45) is 5.41 Å². The quantitative estimate of drug-likeness (QED) is 0.775. The summed E-state index contributed by atoms with van der Waals surface area (Å²) in [5, 5.41) is 9.76. The maximum Gasteiger partial charge on any atom is 0.313 e. The van der Waals surface area contributed by atoms with Crippen LogP contribution >= 0.6 is 11.8 Å². The van der Waals surface area contributed by atoms with Crippen LogP contribution in [0.2, 0.25) is 0 Å². The number of aliphatic carboxylic acids is 1. The van der Waals surface area contributed by atoms with Gasteiger partial charge in [-0.2, -0.15) is 0 Å². The first kappa shape index (κ1) is 16.4. The van der Waals surface area contributed by atoms with Crippen LogP contribution in [0.4, 0.5) is 0 Å². The normalized spacial score (nSPS) is 17.0. The van der Waals surface area contributed by atoms with E-state index in [1.165, 1.54) is 43.1 Å². The van der Waals surface area contributed by atoms with E-state index in [9.17, 15) is 4.79 Å². The zero-order valence-corrected chi connectivity index (χ0v) is 14.3. The molecule has 1 heterocycles. The average molecular weight is 310 g/mol. The summed E-state index contributed by atoms with van der Waals surface area (Å²) in [6.07, 6.45) is 6.94. The Morgan fingerprint density at radius 3 is 2.62 bits per heavy atom. The lowest BCUT2D eigenvalue weighted by molar-refractivity contribution is -0.133. The van der Waals surface area contributed by atoms with Gasteiger partial charge >= 0.3 is 5.97 Å². The van der Waals surface area contributed by atoms with Crippen molar-refractivity contribution in [3.05, 3.63) is 11.9 Å². The van der Waals surface area contributed by atoms with E-state index in [0.717, 1.165) is 11.7 Å². The molecule has 1 aliphatic rings. The summed E-state index contributed by atoms with van der Waals surface area (Å²) in [5.41, 5.74) is 1.66. The van der Waals surface area contributed by atoms with Crippen LogP contribution < -0.4 is 0 Å². The van der Waals surface area contributed by atoms with Gasteiger partial charge < -0.3 is 9.67 Å². The van der Waals surface area contributed by atoms with Crippen molar-refractivity contribution < 1.29 is 9.90 Å². The summed E-state index contributed by atoms with van der Waals surface area (Å²) in [6, 6.07) is 0. The summed E-state index contributed by atoms with van der Waals surface area (Å²) in [7, 11) is 0. The van der Waals surface area contributed by atoms with Crippen molar-refractivity contribution in [1.29, 1.82) is 0 Å². The molecule has 0 saturated heterocycles. The molecule has 1 aromatic rings. The van der Waals surface area contributed by atoms with Gasteiger partial charge in [0.1, 0.15) is 0 Å². The van der Waals surface area contributed by atoms with Gasteiger partial charge in [-0.3, -0.25) is 4.79 Å². The molecule has 0 aromatic carbocycles. The minimum atomic E-state index is -0.790. The smallest absolute Gasteiger partial charge is 0.313 e.